The van der Waals surface area contributed by atoms with Gasteiger partial charge >= 0.3 is 0 Å². The van der Waals surface area contributed by atoms with Crippen molar-refractivity contribution in [2.75, 3.05) is 4.90 Å². The average molecular weight is 541 g/mol. The van der Waals surface area contributed by atoms with Gasteiger partial charge in [-0.15, -0.1) is 0 Å². The van der Waals surface area contributed by atoms with Gasteiger partial charge in [0.1, 0.15) is 11.5 Å². The van der Waals surface area contributed by atoms with Crippen LogP contribution >= 0.6 is 31.9 Å². The van der Waals surface area contributed by atoms with Gasteiger partial charge in [-0.1, -0.05) is 62.2 Å². The summed E-state index contributed by atoms with van der Waals surface area (Å²) in [5, 5.41) is 2.27. The van der Waals surface area contributed by atoms with E-state index in [1.165, 1.54) is 4.90 Å². The maximum atomic E-state index is 13.2. The molecule has 0 N–H and O–H groups in total. The molecule has 6 rings (SSSR count). The highest BCUT2D eigenvalue weighted by Crippen LogP contribution is 2.60. The molecule has 2 saturated carbocycles. The number of amides is 2. The zero-order chi connectivity index (χ0) is 21.3. The highest BCUT2D eigenvalue weighted by atomic mass is 79.9. The second-order valence-corrected chi connectivity index (χ2v) is 10.7. The van der Waals surface area contributed by atoms with Gasteiger partial charge in [-0.25, -0.2) is 0 Å². The summed E-state index contributed by atoms with van der Waals surface area (Å²) in [5.74, 6) is 1.32. The Labute approximate surface area is 196 Å². The zero-order valence-electron chi connectivity index (χ0n) is 16.4. The van der Waals surface area contributed by atoms with Crippen LogP contribution in [-0.4, -0.2) is 21.5 Å². The van der Waals surface area contributed by atoms with Gasteiger partial charge < -0.3 is 4.74 Å². The van der Waals surface area contributed by atoms with Crippen LogP contribution in [-0.2, 0) is 9.59 Å². The van der Waals surface area contributed by atoms with Crippen LogP contribution in [0.4, 0.5) is 5.69 Å². The van der Waals surface area contributed by atoms with Crippen LogP contribution < -0.4 is 9.64 Å². The summed E-state index contributed by atoms with van der Waals surface area (Å²) >= 11 is 7.46. The lowest BCUT2D eigenvalue weighted by Crippen LogP contribution is -2.37. The minimum Gasteiger partial charge on any atom is -0.457 e. The molecule has 2 amide bonds. The molecule has 1 saturated heterocycles. The first kappa shape index (κ1) is 19.5. The van der Waals surface area contributed by atoms with E-state index in [2.05, 4.69) is 44.0 Å². The second-order valence-electron chi connectivity index (χ2n) is 8.62. The number of benzene rings is 3. The molecule has 31 heavy (non-hydrogen) atoms. The SMILES string of the molecule is O=C1[C@@H]2[C@@H]3C[C@@H]([C@H](Br)[C@@H]3Br)[C@@H]2C(=O)N1c1ccc(Oc2ccc3ccccc3c2)cc1. The molecule has 2 bridgehead atoms. The van der Waals surface area contributed by atoms with Crippen molar-refractivity contribution in [1.29, 1.82) is 0 Å². The van der Waals surface area contributed by atoms with Crippen molar-refractivity contribution in [3.63, 3.8) is 0 Å². The monoisotopic (exact) mass is 539 g/mol. The number of halogens is 2. The standard InChI is InChI=1S/C25H19Br2NO3/c26-22-18-12-19(23(22)27)21-20(18)24(29)28(25(21)30)15-6-9-16(10-7-15)31-17-8-5-13-3-1-2-4-14(13)11-17/h1-11,18-23H,12H2/t18-,19+,20+,21-,22+,23-. The number of alkyl halides is 2. The van der Waals surface area contributed by atoms with Gasteiger partial charge in [-0.2, -0.15) is 0 Å². The van der Waals surface area contributed by atoms with Crippen LogP contribution in [0.5, 0.6) is 11.5 Å². The van der Waals surface area contributed by atoms with Crippen molar-refractivity contribution >= 4 is 60.1 Å². The van der Waals surface area contributed by atoms with E-state index in [0.29, 0.717) is 11.4 Å². The quantitative estimate of drug-likeness (QED) is 0.306. The first-order valence-corrected chi connectivity index (χ1v) is 12.3. The summed E-state index contributed by atoms with van der Waals surface area (Å²) in [6, 6.07) is 21.3. The summed E-state index contributed by atoms with van der Waals surface area (Å²) in [5.41, 5.74) is 0.618. The van der Waals surface area contributed by atoms with Crippen molar-refractivity contribution in [1.82, 2.24) is 0 Å². The molecule has 3 fully saturated rings. The Hall–Kier alpha value is -2.18. The molecule has 6 heteroatoms. The van der Waals surface area contributed by atoms with Crippen molar-refractivity contribution in [3.8, 4) is 11.5 Å². The first-order chi connectivity index (χ1) is 15.0. The highest BCUT2D eigenvalue weighted by Gasteiger charge is 2.66. The molecule has 0 radical (unpaired) electrons. The lowest BCUT2D eigenvalue weighted by molar-refractivity contribution is -0.123. The van der Waals surface area contributed by atoms with Gasteiger partial charge in [0.15, 0.2) is 0 Å². The number of ether oxygens (including phenoxy) is 1. The molecule has 156 valence electrons. The number of rotatable bonds is 3. The van der Waals surface area contributed by atoms with E-state index in [9.17, 15) is 9.59 Å². The van der Waals surface area contributed by atoms with Crippen molar-refractivity contribution in [2.24, 2.45) is 23.7 Å². The topological polar surface area (TPSA) is 46.6 Å². The van der Waals surface area contributed by atoms with E-state index < -0.39 is 0 Å². The fourth-order valence-electron chi connectivity index (χ4n) is 5.63. The maximum Gasteiger partial charge on any atom is 0.238 e. The van der Waals surface area contributed by atoms with E-state index in [0.717, 1.165) is 22.9 Å². The number of fused-ring (bicyclic) bond motifs is 6. The van der Waals surface area contributed by atoms with Crippen molar-refractivity contribution < 1.29 is 14.3 Å². The number of anilines is 1. The van der Waals surface area contributed by atoms with Gasteiger partial charge in [0.2, 0.25) is 11.8 Å². The number of carbonyl (C=O) groups is 2. The average Bonchev–Trinajstić information content (AvgIpc) is 3.39. The van der Waals surface area contributed by atoms with Gasteiger partial charge in [0, 0.05) is 9.65 Å². The molecule has 0 unspecified atom stereocenters. The summed E-state index contributed by atoms with van der Waals surface area (Å²) in [6.07, 6.45) is 0.936. The lowest BCUT2D eigenvalue weighted by Gasteiger charge is -2.28. The minimum absolute atomic E-state index is 0.0606. The predicted molar refractivity (Wildman–Crippen MR) is 127 cm³/mol. The van der Waals surface area contributed by atoms with Crippen molar-refractivity contribution in [2.45, 2.75) is 16.1 Å². The van der Waals surface area contributed by atoms with E-state index in [1.807, 2.05) is 42.5 Å². The molecular formula is C25H19Br2NO3. The van der Waals surface area contributed by atoms with Crippen molar-refractivity contribution in [3.05, 3.63) is 66.7 Å². The molecule has 6 atom stereocenters. The Morgan fingerprint density at radius 3 is 1.97 bits per heavy atom. The molecule has 0 aromatic heterocycles. The fraction of sp³-hybridized carbons (Fsp3) is 0.280. The Kier molecular flexibility index (Phi) is 4.51. The molecule has 3 aromatic rings. The Balaban J connectivity index is 1.24. The van der Waals surface area contributed by atoms with Gasteiger partial charge in [0.05, 0.1) is 17.5 Å². The van der Waals surface area contributed by atoms with Gasteiger partial charge in [-0.3, -0.25) is 14.5 Å². The van der Waals surface area contributed by atoms with Crippen LogP contribution in [0.2, 0.25) is 0 Å². The predicted octanol–water partition coefficient (Wildman–Crippen LogP) is 5.91. The Bertz CT molecular complexity index is 1180. The molecule has 3 aromatic carbocycles. The van der Waals surface area contributed by atoms with Crippen LogP contribution in [0.1, 0.15) is 6.42 Å². The Morgan fingerprint density at radius 1 is 0.742 bits per heavy atom. The number of hydrogen-bond donors (Lipinski definition) is 0. The van der Waals surface area contributed by atoms with Crippen LogP contribution in [0.25, 0.3) is 10.8 Å². The van der Waals surface area contributed by atoms with Crippen LogP contribution in [0.3, 0.4) is 0 Å². The normalized spacial score (nSPS) is 31.5. The summed E-state index contributed by atoms with van der Waals surface area (Å²) < 4.78 is 6.00. The summed E-state index contributed by atoms with van der Waals surface area (Å²) in [4.78, 5) is 28.2. The third-order valence-electron chi connectivity index (χ3n) is 7.04. The largest absolute Gasteiger partial charge is 0.457 e. The van der Waals surface area contributed by atoms with Crippen LogP contribution in [0.15, 0.2) is 66.7 Å². The van der Waals surface area contributed by atoms with E-state index in [-0.39, 0.29) is 45.1 Å². The maximum absolute atomic E-state index is 13.2. The van der Waals surface area contributed by atoms with Crippen LogP contribution in [0, 0.1) is 23.7 Å². The first-order valence-electron chi connectivity index (χ1n) is 10.5. The third-order valence-corrected chi connectivity index (χ3v) is 10.2. The number of imide groups is 1. The molecule has 1 aliphatic heterocycles. The molecule has 2 aliphatic carbocycles. The van der Waals surface area contributed by atoms with E-state index >= 15 is 0 Å². The fourth-order valence-corrected chi connectivity index (χ4v) is 7.51. The molecule has 4 nitrogen and oxygen atoms in total. The van der Waals surface area contributed by atoms with E-state index in [4.69, 9.17) is 4.74 Å². The second kappa shape index (κ2) is 7.17. The Morgan fingerprint density at radius 2 is 1.32 bits per heavy atom. The summed E-state index contributed by atoms with van der Waals surface area (Å²) in [7, 11) is 0. The molecule has 0 spiro atoms. The number of carbonyl (C=O) groups excluding carboxylic acids is 2. The van der Waals surface area contributed by atoms with Gasteiger partial charge in [-0.05, 0) is 65.4 Å². The number of hydrogen-bond acceptors (Lipinski definition) is 3. The molecule has 3 aliphatic rings. The molecule has 1 heterocycles. The van der Waals surface area contributed by atoms with Gasteiger partial charge in [0.25, 0.3) is 0 Å². The lowest BCUT2D eigenvalue weighted by atomic mass is 9.81. The smallest absolute Gasteiger partial charge is 0.238 e. The van der Waals surface area contributed by atoms with E-state index in [1.54, 1.807) is 12.1 Å². The minimum atomic E-state index is -0.204. The zero-order valence-corrected chi connectivity index (χ0v) is 19.6. The third kappa shape index (κ3) is 2.91. The highest BCUT2D eigenvalue weighted by molar-refractivity contribution is 9.12. The summed E-state index contributed by atoms with van der Waals surface area (Å²) in [6.45, 7) is 0. The molecular weight excluding hydrogens is 522 g/mol. The number of nitrogens with zero attached hydrogens (tertiary/aromatic N) is 1.